The molecule has 4 N–H and O–H groups in total. The van der Waals surface area contributed by atoms with Crippen LogP contribution in [0.25, 0.3) is 171 Å². The summed E-state index contributed by atoms with van der Waals surface area (Å²) in [6, 6.07) is 62.2. The lowest BCUT2D eigenvalue weighted by molar-refractivity contribution is 0.568. The highest BCUT2D eigenvalue weighted by Crippen LogP contribution is 2.50. The van der Waals surface area contributed by atoms with Crippen LogP contribution in [0.4, 0.5) is 0 Å². The number of hydrogen-bond donors (Lipinski definition) is 4. The molecule has 0 unspecified atom stereocenters. The van der Waals surface area contributed by atoms with E-state index in [0.29, 0.717) is 0 Å². The lowest BCUT2D eigenvalue weighted by atomic mass is 9.78. The van der Waals surface area contributed by atoms with Gasteiger partial charge < -0.3 is 19.9 Å². The first kappa shape index (κ1) is 93.7. The van der Waals surface area contributed by atoms with Gasteiger partial charge in [0.2, 0.25) is 0 Å². The van der Waals surface area contributed by atoms with E-state index in [-0.39, 0.29) is 65.0 Å². The quantitative estimate of drug-likeness (QED) is 0.127. The topological polar surface area (TPSA) is 115 Å². The summed E-state index contributed by atoms with van der Waals surface area (Å²) in [6.45, 7) is 84.1. The van der Waals surface area contributed by atoms with Crippen LogP contribution in [-0.4, -0.2) is 39.9 Å². The molecule has 6 aromatic carbocycles. The lowest BCUT2D eigenvalue weighted by Gasteiger charge is -2.26. The molecule has 132 heavy (non-hydrogen) atoms. The van der Waals surface area contributed by atoms with Crippen molar-refractivity contribution in [2.45, 2.75) is 314 Å². The van der Waals surface area contributed by atoms with Gasteiger partial charge in [0.1, 0.15) is 0 Å². The van der Waals surface area contributed by atoms with E-state index in [9.17, 15) is 0 Å². The SMILES string of the molecule is CC(C)(C)c1cc(-c2c3nc(cc4cc(-c5c6nc(c(-c7cc(C(C)(C)C)cc(C(C)(C)C)c7)c7ccc([nH]7)c(-c7cc(C(C)(C)C)cc(C(C)(C)C)c7)c7nc(c(-c8cc(C(C)(C)C)cc(C(C)(C)C)c8)c8ccc5[nH]8)C=C7)C=C6)c([nH]4)c(-c4cc(C(C)(C)C)cc(C(C)(C)C)c4)c4nc(c(-c5cc(C(C)(C)C)cc(C(C)(C)C)c5)c5ccc2[nH]5)C=C4)C=C3)cc(C(C)(C)C)c1. The first-order chi connectivity index (χ1) is 60.9. The van der Waals surface area contributed by atoms with Gasteiger partial charge in [-0.05, 0) is 262 Å². The minimum atomic E-state index is -0.258. The lowest BCUT2D eigenvalue weighted by Crippen LogP contribution is -2.16. The molecule has 0 saturated carbocycles. The molecule has 0 atom stereocenters. The standard InChI is InChI=1S/C124H146N8/c1-113(2,3)77-51-71(52-78(63-77)114(4,5)6)105-92-38-37-89(125-92)69-90-70-91(112(126-90)110(76-61-87(123(31,32)33)68-88(62-76)124(34,35)36)102-48-45-99(130-102)107(96-40-39-93(105)127-96)73-55-81(117(13,14)15)65-82(56-73)118(16,17)18)111-103-49-46-100(131-103)108(74-57-83(119(19,20)21)66-84(58-74)120(22,23)24)97-43-41-94(128-97)106(72-53-79(115(7,8)9)64-80(54-72)116(10,11)12)95-42-44-98(129-95)109(101-47-50-104(111)132-101)75-59-85(121(25,26)27)67-86(60-75)122(28,29)30/h37-70,126-128,132H,1-36H3. The number of nitrogens with one attached hydrogen (secondary N) is 4. The van der Waals surface area contributed by atoms with Crippen molar-refractivity contribution in [3.05, 3.63) is 270 Å². The Hall–Kier alpha value is -11.5. The molecular formula is C124H146N8. The Morgan fingerprint density at radius 1 is 0.167 bits per heavy atom. The number of benzene rings is 6. The van der Waals surface area contributed by atoms with Gasteiger partial charge in [-0.1, -0.05) is 358 Å². The van der Waals surface area contributed by atoms with E-state index in [4.69, 9.17) is 19.9 Å². The molecular weight excluding hydrogens is 1600 g/mol. The van der Waals surface area contributed by atoms with Gasteiger partial charge in [-0.2, -0.15) is 0 Å². The molecule has 0 amide bonds. The van der Waals surface area contributed by atoms with E-state index in [1.54, 1.807) is 0 Å². The van der Waals surface area contributed by atoms with Gasteiger partial charge >= 0.3 is 0 Å². The third-order valence-corrected chi connectivity index (χ3v) is 27.4. The Bertz CT molecular complexity index is 6930. The van der Waals surface area contributed by atoms with E-state index in [0.717, 1.165) is 168 Å². The fraction of sp³-hybridized carbons (Fsp3) is 0.387. The zero-order valence-corrected chi connectivity index (χ0v) is 86.4. The summed E-state index contributed by atoms with van der Waals surface area (Å²) in [5.74, 6) is 0. The molecule has 8 nitrogen and oxygen atoms in total. The molecule has 4 aliphatic heterocycles. The van der Waals surface area contributed by atoms with Crippen LogP contribution in [-0.2, 0) is 65.0 Å². The zero-order chi connectivity index (χ0) is 95.9. The van der Waals surface area contributed by atoms with Crippen LogP contribution in [0.2, 0.25) is 0 Å². The van der Waals surface area contributed by atoms with E-state index in [2.05, 4.69) is 476 Å². The first-order valence-electron chi connectivity index (χ1n) is 48.2. The van der Waals surface area contributed by atoms with E-state index in [1.807, 2.05) is 0 Å². The number of hydrogen-bond acceptors (Lipinski definition) is 4. The Labute approximate surface area is 789 Å². The van der Waals surface area contributed by atoms with Crippen molar-refractivity contribution in [1.29, 1.82) is 0 Å². The normalized spacial score (nSPS) is 13.9. The van der Waals surface area contributed by atoms with Crippen molar-refractivity contribution in [3.8, 4) is 77.9 Å². The number of rotatable bonds is 7. The smallest absolute Gasteiger partial charge is 0.0738 e. The van der Waals surface area contributed by atoms with Gasteiger partial charge in [0.25, 0.3) is 0 Å². The summed E-state index contributed by atoms with van der Waals surface area (Å²) < 4.78 is 0. The van der Waals surface area contributed by atoms with Crippen LogP contribution in [0.3, 0.4) is 0 Å². The molecule has 0 radical (unpaired) electrons. The summed E-state index contributed by atoms with van der Waals surface area (Å²) in [7, 11) is 0. The molecule has 0 aliphatic carbocycles. The van der Waals surface area contributed by atoms with E-state index >= 15 is 0 Å². The van der Waals surface area contributed by atoms with Crippen molar-refractivity contribution in [2.75, 3.05) is 0 Å². The van der Waals surface area contributed by atoms with Crippen molar-refractivity contribution in [3.63, 3.8) is 0 Å². The predicted molar refractivity (Wildman–Crippen MR) is 574 cm³/mol. The molecule has 16 bridgehead atoms. The first-order valence-corrected chi connectivity index (χ1v) is 48.2. The predicted octanol–water partition coefficient (Wildman–Crippen LogP) is 34.9. The minimum Gasteiger partial charge on any atom is -0.354 e. The fourth-order valence-corrected chi connectivity index (χ4v) is 18.6. The number of aromatic amines is 4. The molecule has 12 aromatic rings. The fourth-order valence-electron chi connectivity index (χ4n) is 18.6. The van der Waals surface area contributed by atoms with Gasteiger partial charge in [-0.25, -0.2) is 19.9 Å². The maximum Gasteiger partial charge on any atom is 0.0738 e. The summed E-state index contributed by atoms with van der Waals surface area (Å²) >= 11 is 0. The largest absolute Gasteiger partial charge is 0.354 e. The summed E-state index contributed by atoms with van der Waals surface area (Å²) in [5.41, 5.74) is 41.0. The second-order valence-corrected chi connectivity index (χ2v) is 50.8. The summed E-state index contributed by atoms with van der Waals surface area (Å²) in [4.78, 5) is 41.6. The second-order valence-electron chi connectivity index (χ2n) is 50.8. The Morgan fingerprint density at radius 2 is 0.341 bits per heavy atom. The van der Waals surface area contributed by atoms with Gasteiger partial charge in [-0.15, -0.1) is 0 Å². The average molecular weight is 1750 g/mol. The van der Waals surface area contributed by atoms with Crippen LogP contribution in [0, 0.1) is 0 Å². The Morgan fingerprint density at radius 3 is 0.553 bits per heavy atom. The molecule has 6 aromatic heterocycles. The van der Waals surface area contributed by atoms with Crippen molar-refractivity contribution in [2.24, 2.45) is 0 Å². The minimum absolute atomic E-state index is 0.161. The molecule has 0 saturated heterocycles. The third-order valence-electron chi connectivity index (χ3n) is 27.4. The van der Waals surface area contributed by atoms with Crippen LogP contribution >= 0.6 is 0 Å². The third kappa shape index (κ3) is 18.7. The van der Waals surface area contributed by atoms with Crippen LogP contribution in [0.1, 0.15) is 362 Å². The van der Waals surface area contributed by atoms with Gasteiger partial charge in [0.15, 0.2) is 0 Å². The van der Waals surface area contributed by atoms with Crippen LogP contribution < -0.4 is 0 Å². The maximum absolute atomic E-state index is 6.28. The number of nitrogens with zero attached hydrogens (tertiary/aromatic N) is 4. The van der Waals surface area contributed by atoms with Crippen LogP contribution in [0.5, 0.6) is 0 Å². The number of aromatic nitrogens is 8. The number of fused-ring (bicyclic) bond motifs is 16. The molecule has 4 aliphatic rings. The van der Waals surface area contributed by atoms with Gasteiger partial charge in [-0.3, -0.25) is 0 Å². The molecule has 682 valence electrons. The number of H-pyrrole nitrogens is 4. The zero-order valence-electron chi connectivity index (χ0n) is 86.4. The molecule has 0 fully saturated rings. The van der Waals surface area contributed by atoms with Gasteiger partial charge in [0, 0.05) is 83.1 Å². The van der Waals surface area contributed by atoms with Crippen molar-refractivity contribution < 1.29 is 0 Å². The van der Waals surface area contributed by atoms with Crippen LogP contribution in [0.15, 0.2) is 158 Å². The Kier molecular flexibility index (Phi) is 22.8. The summed E-state index contributed by atoms with van der Waals surface area (Å²) in [6.07, 6.45) is 18.1. The highest BCUT2D eigenvalue weighted by Gasteiger charge is 2.34. The molecule has 0 spiro atoms. The molecule has 16 rings (SSSR count). The molecule has 8 heteroatoms. The highest BCUT2D eigenvalue weighted by molar-refractivity contribution is 6.08. The highest BCUT2D eigenvalue weighted by atomic mass is 14.8. The maximum atomic E-state index is 6.28. The average Bonchev–Trinajstić information content (AvgIpc) is 1.60. The van der Waals surface area contributed by atoms with E-state index in [1.165, 1.54) is 66.8 Å². The second kappa shape index (κ2) is 32.1. The van der Waals surface area contributed by atoms with Gasteiger partial charge in [0.05, 0.1) is 51.1 Å². The van der Waals surface area contributed by atoms with Crippen molar-refractivity contribution in [1.82, 2.24) is 39.9 Å². The van der Waals surface area contributed by atoms with E-state index < -0.39 is 0 Å². The Balaban J connectivity index is 1.17. The summed E-state index contributed by atoms with van der Waals surface area (Å²) in [5, 5.41) is 0. The molecule has 10 heterocycles. The van der Waals surface area contributed by atoms with Crippen molar-refractivity contribution >= 4 is 92.7 Å². The monoisotopic (exact) mass is 1750 g/mol.